The SMILES string of the molecule is CN1[C@@H]2CC[C@H]1CC(OC1c3ccccc3CCc3ccc(Br)cc31)C2. The smallest absolute Gasteiger partial charge is 0.108 e. The van der Waals surface area contributed by atoms with Crippen molar-refractivity contribution in [3.63, 3.8) is 0 Å². The highest BCUT2D eigenvalue weighted by Crippen LogP contribution is 2.41. The van der Waals surface area contributed by atoms with Crippen LogP contribution in [0.4, 0.5) is 0 Å². The summed E-state index contributed by atoms with van der Waals surface area (Å²) in [5.41, 5.74) is 5.61. The van der Waals surface area contributed by atoms with Crippen molar-refractivity contribution in [2.45, 2.75) is 62.8 Å². The number of fused-ring (bicyclic) bond motifs is 4. The Balaban J connectivity index is 1.52. The molecule has 0 aromatic heterocycles. The minimum Gasteiger partial charge on any atom is -0.365 e. The molecule has 1 aliphatic carbocycles. The number of hydrogen-bond acceptors (Lipinski definition) is 2. The standard InChI is InChI=1S/C23H26BrNO/c1-25-18-10-11-19(25)14-20(13-18)26-23-21-5-3-2-4-15(21)6-7-16-8-9-17(24)12-22(16)23/h2-5,8-9,12,18-20,23H,6-7,10-11,13-14H2,1H3/t18-,19+,20?,23?. The Labute approximate surface area is 164 Å². The summed E-state index contributed by atoms with van der Waals surface area (Å²) in [6.45, 7) is 0. The first kappa shape index (κ1) is 17.0. The summed E-state index contributed by atoms with van der Waals surface area (Å²) < 4.78 is 8.05. The Hall–Kier alpha value is -1.16. The van der Waals surface area contributed by atoms with E-state index in [9.17, 15) is 0 Å². The molecule has 2 aromatic carbocycles. The molecule has 0 radical (unpaired) electrons. The molecule has 0 saturated carbocycles. The van der Waals surface area contributed by atoms with E-state index in [0.29, 0.717) is 18.2 Å². The van der Waals surface area contributed by atoms with Crippen LogP contribution in [0, 0.1) is 0 Å². The average Bonchev–Trinajstić information content (AvgIpc) is 2.83. The maximum absolute atomic E-state index is 6.90. The lowest BCUT2D eigenvalue weighted by atomic mass is 9.95. The molecule has 3 aliphatic rings. The van der Waals surface area contributed by atoms with Gasteiger partial charge in [-0.25, -0.2) is 0 Å². The fraction of sp³-hybridized carbons (Fsp3) is 0.478. The second-order valence-corrected chi connectivity index (χ2v) is 9.12. The van der Waals surface area contributed by atoms with E-state index >= 15 is 0 Å². The Morgan fingerprint density at radius 2 is 1.62 bits per heavy atom. The predicted octanol–water partition coefficient (Wildman–Crippen LogP) is 5.28. The van der Waals surface area contributed by atoms with Gasteiger partial charge in [-0.1, -0.05) is 46.3 Å². The molecule has 2 nitrogen and oxygen atoms in total. The van der Waals surface area contributed by atoms with Gasteiger partial charge in [-0.3, -0.25) is 0 Å². The van der Waals surface area contributed by atoms with Crippen molar-refractivity contribution in [3.05, 3.63) is 69.2 Å². The van der Waals surface area contributed by atoms with Crippen LogP contribution in [0.3, 0.4) is 0 Å². The summed E-state index contributed by atoms with van der Waals surface area (Å²) in [6, 6.07) is 17.0. The highest BCUT2D eigenvalue weighted by Gasteiger charge is 2.40. The van der Waals surface area contributed by atoms with Crippen LogP contribution in [-0.2, 0) is 17.6 Å². The topological polar surface area (TPSA) is 12.5 Å². The van der Waals surface area contributed by atoms with Crippen molar-refractivity contribution in [1.29, 1.82) is 0 Å². The summed E-state index contributed by atoms with van der Waals surface area (Å²) in [7, 11) is 2.30. The van der Waals surface area contributed by atoms with Gasteiger partial charge in [0.05, 0.1) is 6.10 Å². The van der Waals surface area contributed by atoms with Gasteiger partial charge in [-0.2, -0.15) is 0 Å². The largest absolute Gasteiger partial charge is 0.365 e. The molecule has 0 N–H and O–H groups in total. The highest BCUT2D eigenvalue weighted by molar-refractivity contribution is 9.10. The van der Waals surface area contributed by atoms with Crippen molar-refractivity contribution >= 4 is 15.9 Å². The Kier molecular flexibility index (Phi) is 4.42. The number of ether oxygens (including phenoxy) is 1. The molecule has 4 atom stereocenters. The van der Waals surface area contributed by atoms with Crippen molar-refractivity contribution in [3.8, 4) is 0 Å². The fourth-order valence-electron chi connectivity index (χ4n) is 5.30. The molecule has 2 aromatic rings. The maximum Gasteiger partial charge on any atom is 0.108 e. The third kappa shape index (κ3) is 2.94. The Bertz CT molecular complexity index is 806. The number of benzene rings is 2. The van der Waals surface area contributed by atoms with E-state index in [1.807, 2.05) is 0 Å². The molecule has 2 aliphatic heterocycles. The van der Waals surface area contributed by atoms with Gasteiger partial charge in [0.15, 0.2) is 0 Å². The molecule has 2 saturated heterocycles. The van der Waals surface area contributed by atoms with E-state index in [4.69, 9.17) is 4.74 Å². The molecule has 2 fully saturated rings. The number of nitrogens with zero attached hydrogens (tertiary/aromatic N) is 1. The summed E-state index contributed by atoms with van der Waals surface area (Å²) >= 11 is 3.68. The second-order valence-electron chi connectivity index (χ2n) is 8.20. The molecule has 26 heavy (non-hydrogen) atoms. The first-order valence-corrected chi connectivity index (χ1v) is 10.7. The first-order valence-electron chi connectivity index (χ1n) is 9.92. The van der Waals surface area contributed by atoms with Gasteiger partial charge in [0.25, 0.3) is 0 Å². The van der Waals surface area contributed by atoms with Crippen LogP contribution in [0.5, 0.6) is 0 Å². The Morgan fingerprint density at radius 1 is 0.923 bits per heavy atom. The second kappa shape index (κ2) is 6.78. The van der Waals surface area contributed by atoms with Gasteiger partial charge in [0.2, 0.25) is 0 Å². The quantitative estimate of drug-likeness (QED) is 0.666. The molecule has 136 valence electrons. The molecule has 2 heterocycles. The average molecular weight is 412 g/mol. The van der Waals surface area contributed by atoms with E-state index in [-0.39, 0.29) is 6.10 Å². The zero-order valence-corrected chi connectivity index (χ0v) is 16.9. The Morgan fingerprint density at radius 3 is 2.38 bits per heavy atom. The zero-order valence-electron chi connectivity index (χ0n) is 15.3. The van der Waals surface area contributed by atoms with Crippen LogP contribution in [0.25, 0.3) is 0 Å². The molecule has 0 spiro atoms. The molecule has 2 bridgehead atoms. The van der Waals surface area contributed by atoms with E-state index < -0.39 is 0 Å². The van der Waals surface area contributed by atoms with Gasteiger partial charge in [0.1, 0.15) is 6.10 Å². The monoisotopic (exact) mass is 411 g/mol. The molecular weight excluding hydrogens is 386 g/mol. The summed E-state index contributed by atoms with van der Waals surface area (Å²) in [5.74, 6) is 0. The van der Waals surface area contributed by atoms with Crippen molar-refractivity contribution < 1.29 is 4.74 Å². The van der Waals surface area contributed by atoms with Crippen LogP contribution >= 0.6 is 15.9 Å². The third-order valence-corrected chi connectivity index (χ3v) is 7.27. The van der Waals surface area contributed by atoms with Crippen LogP contribution in [0.2, 0.25) is 0 Å². The van der Waals surface area contributed by atoms with Gasteiger partial charge in [-0.15, -0.1) is 0 Å². The van der Waals surface area contributed by atoms with Gasteiger partial charge < -0.3 is 9.64 Å². The minimum atomic E-state index is 0.0639. The first-order chi connectivity index (χ1) is 12.7. The lowest BCUT2D eigenvalue weighted by Gasteiger charge is -2.38. The fourth-order valence-corrected chi connectivity index (χ4v) is 5.68. The predicted molar refractivity (Wildman–Crippen MR) is 109 cm³/mol. The van der Waals surface area contributed by atoms with E-state index in [1.54, 1.807) is 0 Å². The van der Waals surface area contributed by atoms with Crippen LogP contribution < -0.4 is 0 Å². The number of hydrogen-bond donors (Lipinski definition) is 0. The van der Waals surface area contributed by atoms with Gasteiger partial charge >= 0.3 is 0 Å². The highest BCUT2D eigenvalue weighted by atomic mass is 79.9. The third-order valence-electron chi connectivity index (χ3n) is 6.78. The number of piperidine rings is 1. The van der Waals surface area contributed by atoms with Crippen molar-refractivity contribution in [1.82, 2.24) is 4.90 Å². The minimum absolute atomic E-state index is 0.0639. The zero-order chi connectivity index (χ0) is 17.7. The molecular formula is C23H26BrNO. The molecule has 3 heteroatoms. The van der Waals surface area contributed by atoms with E-state index in [1.165, 1.54) is 47.9 Å². The van der Waals surface area contributed by atoms with Crippen LogP contribution in [-0.4, -0.2) is 30.1 Å². The van der Waals surface area contributed by atoms with Crippen LogP contribution in [0.1, 0.15) is 54.0 Å². The number of aryl methyl sites for hydroxylation is 2. The summed E-state index contributed by atoms with van der Waals surface area (Å²) in [5, 5.41) is 0. The number of rotatable bonds is 2. The molecule has 0 amide bonds. The van der Waals surface area contributed by atoms with E-state index in [0.717, 1.165) is 17.3 Å². The van der Waals surface area contributed by atoms with Crippen molar-refractivity contribution in [2.75, 3.05) is 7.05 Å². The lowest BCUT2D eigenvalue weighted by Crippen LogP contribution is -2.43. The number of halogens is 1. The lowest BCUT2D eigenvalue weighted by molar-refractivity contribution is -0.0428. The summed E-state index contributed by atoms with van der Waals surface area (Å²) in [4.78, 5) is 2.59. The van der Waals surface area contributed by atoms with E-state index in [2.05, 4.69) is 70.3 Å². The van der Waals surface area contributed by atoms with Crippen molar-refractivity contribution in [2.24, 2.45) is 0 Å². The maximum atomic E-state index is 6.90. The normalized spacial score (nSPS) is 30.5. The van der Waals surface area contributed by atoms with Gasteiger partial charge in [0, 0.05) is 16.6 Å². The molecule has 5 rings (SSSR count). The molecule has 2 unspecified atom stereocenters. The summed E-state index contributed by atoms with van der Waals surface area (Å²) in [6.07, 6.45) is 7.65. The van der Waals surface area contributed by atoms with Crippen LogP contribution in [0.15, 0.2) is 46.9 Å². The van der Waals surface area contributed by atoms with Gasteiger partial charge in [-0.05, 0) is 80.0 Å².